The van der Waals surface area contributed by atoms with E-state index >= 15 is 0 Å². The predicted octanol–water partition coefficient (Wildman–Crippen LogP) is 3.36. The Morgan fingerprint density at radius 1 is 0.765 bits per heavy atom. The van der Waals surface area contributed by atoms with Crippen LogP contribution < -0.4 is 20.6 Å². The number of aromatic nitrogens is 4. The summed E-state index contributed by atoms with van der Waals surface area (Å²) in [5.74, 6) is 0.378. The average molecular weight is 471 g/mol. The molecule has 5 heterocycles. The molecule has 0 saturated heterocycles. The molecule has 0 saturated carbocycles. The minimum absolute atomic E-state index is 0.226. The van der Waals surface area contributed by atoms with Crippen LogP contribution in [0.4, 0.5) is 0 Å². The second kappa shape index (κ2) is 7.74. The van der Waals surface area contributed by atoms with Crippen LogP contribution in [0.25, 0.3) is 11.3 Å². The van der Waals surface area contributed by atoms with E-state index in [-0.39, 0.29) is 11.1 Å². The third kappa shape index (κ3) is 2.94. The molecule has 9 heteroatoms. The maximum absolute atomic E-state index is 13.7. The van der Waals surface area contributed by atoms with E-state index in [2.05, 4.69) is 0 Å². The van der Waals surface area contributed by atoms with Gasteiger partial charge in [-0.2, -0.15) is 0 Å². The van der Waals surface area contributed by atoms with Crippen molar-refractivity contribution in [3.63, 3.8) is 0 Å². The summed E-state index contributed by atoms with van der Waals surface area (Å²) in [6.45, 7) is 0. The third-order valence-corrected chi connectivity index (χ3v) is 6.99. The molecule has 0 radical (unpaired) electrons. The molecule has 0 fully saturated rings. The molecule has 0 N–H and O–H groups in total. The summed E-state index contributed by atoms with van der Waals surface area (Å²) in [4.78, 5) is 37.0. The maximum Gasteiger partial charge on any atom is 0.263 e. The molecular weight excluding hydrogens is 452 g/mol. The molecule has 0 spiro atoms. The largest absolute Gasteiger partial charge is 0.493 e. The summed E-state index contributed by atoms with van der Waals surface area (Å²) in [5.41, 5.74) is 2.19. The first-order valence-electron chi connectivity index (χ1n) is 10.5. The fourth-order valence-corrected chi connectivity index (χ4v) is 5.51. The Kier molecular flexibility index (Phi) is 4.66. The molecule has 0 unspecified atom stereocenters. The molecule has 0 amide bonds. The van der Waals surface area contributed by atoms with Gasteiger partial charge in [0.1, 0.15) is 21.3 Å². The zero-order chi connectivity index (χ0) is 23.4. The number of nitrogens with zero attached hydrogens (tertiary/aromatic N) is 4. The highest BCUT2D eigenvalue weighted by Gasteiger charge is 2.36. The molecule has 5 aromatic rings. The fraction of sp³-hybridized carbons (Fsp3) is 0.120. The van der Waals surface area contributed by atoms with Crippen LogP contribution in [0.5, 0.6) is 11.5 Å². The molecule has 4 aromatic heterocycles. The lowest BCUT2D eigenvalue weighted by Crippen LogP contribution is -2.32. The van der Waals surface area contributed by atoms with Crippen LogP contribution in [-0.4, -0.2) is 33.0 Å². The van der Waals surface area contributed by atoms with E-state index in [4.69, 9.17) is 19.4 Å². The van der Waals surface area contributed by atoms with Gasteiger partial charge in [0.2, 0.25) is 0 Å². The third-order valence-electron chi connectivity index (χ3n) is 5.98. The highest BCUT2D eigenvalue weighted by molar-refractivity contribution is 7.99. The van der Waals surface area contributed by atoms with Gasteiger partial charge in [-0.1, -0.05) is 18.2 Å². The lowest BCUT2D eigenvalue weighted by atomic mass is 9.87. The number of fused-ring (bicyclic) bond motifs is 4. The van der Waals surface area contributed by atoms with Crippen LogP contribution in [0.3, 0.4) is 0 Å². The summed E-state index contributed by atoms with van der Waals surface area (Å²) < 4.78 is 13.9. The van der Waals surface area contributed by atoms with Gasteiger partial charge in [-0.15, -0.1) is 0 Å². The van der Waals surface area contributed by atoms with Gasteiger partial charge in [-0.05, 0) is 53.7 Å². The first-order chi connectivity index (χ1) is 16.6. The molecule has 0 atom stereocenters. The molecule has 1 aliphatic rings. The van der Waals surface area contributed by atoms with Gasteiger partial charge in [-0.25, -0.2) is 9.97 Å². The Labute approximate surface area is 197 Å². The standard InChI is InChI=1S/C25H18N4O4S/c1-32-15-10-9-14(13-16(15)33-2)19-20-22(26-17-7-3-5-11-28(17)24(20)30)34-23-21(19)25(31)29-12-6-4-8-18(29)27-23/h3-13,19H,1-2H3. The smallest absolute Gasteiger partial charge is 0.263 e. The number of pyridine rings is 2. The molecule has 0 aliphatic carbocycles. The summed E-state index contributed by atoms with van der Waals surface area (Å²) in [7, 11) is 3.11. The van der Waals surface area contributed by atoms with Crippen molar-refractivity contribution in [2.24, 2.45) is 0 Å². The maximum atomic E-state index is 13.7. The van der Waals surface area contributed by atoms with Crippen molar-refractivity contribution in [3.05, 3.63) is 104 Å². The molecule has 1 aromatic carbocycles. The van der Waals surface area contributed by atoms with Crippen LogP contribution >= 0.6 is 11.8 Å². The Bertz CT molecular complexity index is 1630. The quantitative estimate of drug-likeness (QED) is 0.367. The lowest BCUT2D eigenvalue weighted by molar-refractivity contribution is 0.354. The minimum Gasteiger partial charge on any atom is -0.493 e. The van der Waals surface area contributed by atoms with Crippen molar-refractivity contribution >= 4 is 23.1 Å². The summed E-state index contributed by atoms with van der Waals surface area (Å²) in [6.07, 6.45) is 3.37. The van der Waals surface area contributed by atoms with Gasteiger partial charge < -0.3 is 9.47 Å². The highest BCUT2D eigenvalue weighted by Crippen LogP contribution is 2.45. The van der Waals surface area contributed by atoms with Gasteiger partial charge in [-0.3, -0.25) is 18.4 Å². The van der Waals surface area contributed by atoms with Gasteiger partial charge in [0, 0.05) is 12.4 Å². The van der Waals surface area contributed by atoms with E-state index in [1.165, 1.54) is 20.6 Å². The van der Waals surface area contributed by atoms with E-state index in [0.717, 1.165) is 0 Å². The Balaban J connectivity index is 1.73. The van der Waals surface area contributed by atoms with Crippen LogP contribution in [0.1, 0.15) is 22.6 Å². The molecule has 168 valence electrons. The second-order valence-electron chi connectivity index (χ2n) is 7.78. The van der Waals surface area contributed by atoms with Crippen LogP contribution in [0, 0.1) is 0 Å². The minimum atomic E-state index is -0.680. The van der Waals surface area contributed by atoms with E-state index < -0.39 is 5.92 Å². The Morgan fingerprint density at radius 3 is 1.85 bits per heavy atom. The Hall–Kier alpha value is -4.11. The monoisotopic (exact) mass is 470 g/mol. The summed E-state index contributed by atoms with van der Waals surface area (Å²) in [6, 6.07) is 16.2. The number of benzene rings is 1. The van der Waals surface area contributed by atoms with E-state index in [0.29, 0.717) is 49.5 Å². The van der Waals surface area contributed by atoms with Crippen LogP contribution in [0.15, 0.2) is 86.6 Å². The van der Waals surface area contributed by atoms with Gasteiger partial charge in [0.25, 0.3) is 11.1 Å². The second-order valence-corrected chi connectivity index (χ2v) is 8.76. The summed E-state index contributed by atoms with van der Waals surface area (Å²) >= 11 is 1.25. The highest BCUT2D eigenvalue weighted by atomic mass is 32.2. The number of methoxy groups -OCH3 is 2. The Morgan fingerprint density at radius 2 is 1.32 bits per heavy atom. The molecule has 1 aliphatic heterocycles. The number of ether oxygens (including phenoxy) is 2. The number of hydrogen-bond acceptors (Lipinski definition) is 7. The van der Waals surface area contributed by atoms with Crippen molar-refractivity contribution in [1.82, 2.24) is 18.8 Å². The van der Waals surface area contributed by atoms with Gasteiger partial charge in [0.15, 0.2) is 11.5 Å². The fourth-order valence-electron chi connectivity index (χ4n) is 4.42. The zero-order valence-corrected chi connectivity index (χ0v) is 19.1. The molecular formula is C25H18N4O4S. The van der Waals surface area contributed by atoms with Crippen LogP contribution in [-0.2, 0) is 0 Å². The lowest BCUT2D eigenvalue weighted by Gasteiger charge is -2.26. The number of hydrogen-bond donors (Lipinski definition) is 0. The van der Waals surface area contributed by atoms with Crippen molar-refractivity contribution in [2.75, 3.05) is 14.2 Å². The summed E-state index contributed by atoms with van der Waals surface area (Å²) in [5, 5.41) is 1.08. The molecule has 6 rings (SSSR count). The first kappa shape index (κ1) is 20.5. The topological polar surface area (TPSA) is 87.2 Å². The molecule has 34 heavy (non-hydrogen) atoms. The molecule has 8 nitrogen and oxygen atoms in total. The van der Waals surface area contributed by atoms with Crippen molar-refractivity contribution in [1.29, 1.82) is 0 Å². The first-order valence-corrected chi connectivity index (χ1v) is 11.3. The van der Waals surface area contributed by atoms with Crippen molar-refractivity contribution in [2.45, 2.75) is 16.0 Å². The van der Waals surface area contributed by atoms with Crippen molar-refractivity contribution in [3.8, 4) is 11.5 Å². The van der Waals surface area contributed by atoms with Crippen molar-refractivity contribution < 1.29 is 9.47 Å². The normalized spacial score (nSPS) is 13.0. The van der Waals surface area contributed by atoms with Gasteiger partial charge >= 0.3 is 0 Å². The molecule has 0 bridgehead atoms. The SMILES string of the molecule is COc1ccc(C2c3c(nc4ccccn4c3=O)Sc3nc4ccccn4c(=O)c32)cc1OC. The average Bonchev–Trinajstić information content (AvgIpc) is 2.87. The number of rotatable bonds is 3. The van der Waals surface area contributed by atoms with E-state index in [1.54, 1.807) is 63.0 Å². The van der Waals surface area contributed by atoms with E-state index in [9.17, 15) is 9.59 Å². The van der Waals surface area contributed by atoms with E-state index in [1.807, 2.05) is 18.2 Å². The predicted molar refractivity (Wildman–Crippen MR) is 128 cm³/mol. The zero-order valence-electron chi connectivity index (χ0n) is 18.3. The van der Waals surface area contributed by atoms with Crippen LogP contribution in [0.2, 0.25) is 0 Å². The van der Waals surface area contributed by atoms with Gasteiger partial charge in [0.05, 0.1) is 31.3 Å².